The molecule has 2 aliphatic heterocycles. The fraction of sp³-hybridized carbons (Fsp3) is 0.429. The summed E-state index contributed by atoms with van der Waals surface area (Å²) in [6.45, 7) is 2.33. The van der Waals surface area contributed by atoms with Crippen LogP contribution in [0.1, 0.15) is 28.1 Å². The van der Waals surface area contributed by atoms with Crippen LogP contribution in [0, 0.1) is 0 Å². The van der Waals surface area contributed by atoms with E-state index in [1.165, 1.54) is 17.4 Å². The van der Waals surface area contributed by atoms with E-state index >= 15 is 0 Å². The highest BCUT2D eigenvalue weighted by molar-refractivity contribution is 7.12. The molecule has 0 N–H and O–H groups in total. The third-order valence-corrected chi connectivity index (χ3v) is 6.52. The normalized spacial score (nSPS) is 20.0. The SMILES string of the molecule is O=C([C@@H]1CCCN1C(=O)c1cccs1)N1CCN(c2cccc(C(F)(F)F)c2)CC1. The molecule has 0 aliphatic carbocycles. The Morgan fingerprint density at radius 3 is 2.43 bits per heavy atom. The quantitative estimate of drug-likeness (QED) is 0.735. The average molecular weight is 437 g/mol. The lowest BCUT2D eigenvalue weighted by atomic mass is 10.1. The Morgan fingerprint density at radius 2 is 1.77 bits per heavy atom. The zero-order valence-corrected chi connectivity index (χ0v) is 17.1. The van der Waals surface area contributed by atoms with Crippen molar-refractivity contribution in [1.82, 2.24) is 9.80 Å². The molecule has 1 aromatic heterocycles. The minimum absolute atomic E-state index is 0.0684. The van der Waals surface area contributed by atoms with Gasteiger partial charge in [0.05, 0.1) is 10.4 Å². The molecule has 0 spiro atoms. The third-order valence-electron chi connectivity index (χ3n) is 5.66. The number of carbonyl (C=O) groups is 2. The van der Waals surface area contributed by atoms with Gasteiger partial charge in [-0.2, -0.15) is 13.2 Å². The first-order valence-corrected chi connectivity index (χ1v) is 10.8. The summed E-state index contributed by atoms with van der Waals surface area (Å²) in [5, 5.41) is 1.84. The lowest BCUT2D eigenvalue weighted by molar-refractivity contribution is -0.137. The van der Waals surface area contributed by atoms with Gasteiger partial charge in [0.25, 0.3) is 5.91 Å². The molecule has 2 amide bonds. The molecule has 160 valence electrons. The summed E-state index contributed by atoms with van der Waals surface area (Å²) in [5.74, 6) is -0.176. The van der Waals surface area contributed by atoms with E-state index in [4.69, 9.17) is 0 Å². The predicted molar refractivity (Wildman–Crippen MR) is 109 cm³/mol. The number of hydrogen-bond donors (Lipinski definition) is 0. The first kappa shape index (κ1) is 20.7. The highest BCUT2D eigenvalue weighted by Gasteiger charge is 2.38. The molecule has 3 heterocycles. The minimum atomic E-state index is -4.38. The molecule has 2 aliphatic rings. The number of benzene rings is 1. The molecular formula is C21H22F3N3O2S. The number of halogens is 3. The Kier molecular flexibility index (Phi) is 5.73. The Labute approximate surface area is 176 Å². The van der Waals surface area contributed by atoms with Gasteiger partial charge in [-0.1, -0.05) is 12.1 Å². The van der Waals surface area contributed by atoms with E-state index in [-0.39, 0.29) is 11.8 Å². The lowest BCUT2D eigenvalue weighted by Crippen LogP contribution is -2.54. The molecule has 0 bridgehead atoms. The molecule has 1 atom stereocenters. The van der Waals surface area contributed by atoms with Crippen molar-refractivity contribution in [2.75, 3.05) is 37.6 Å². The van der Waals surface area contributed by atoms with Crippen LogP contribution in [0.3, 0.4) is 0 Å². The number of nitrogens with zero attached hydrogens (tertiary/aromatic N) is 3. The van der Waals surface area contributed by atoms with Gasteiger partial charge < -0.3 is 14.7 Å². The third kappa shape index (κ3) is 4.16. The lowest BCUT2D eigenvalue weighted by Gasteiger charge is -2.38. The van der Waals surface area contributed by atoms with Gasteiger partial charge in [-0.05, 0) is 42.5 Å². The highest BCUT2D eigenvalue weighted by atomic mass is 32.1. The van der Waals surface area contributed by atoms with Crippen molar-refractivity contribution in [2.24, 2.45) is 0 Å². The van der Waals surface area contributed by atoms with E-state index in [0.717, 1.165) is 18.6 Å². The van der Waals surface area contributed by atoms with E-state index in [9.17, 15) is 22.8 Å². The molecule has 0 radical (unpaired) electrons. The maximum atomic E-state index is 13.1. The summed E-state index contributed by atoms with van der Waals surface area (Å²) in [6, 6.07) is 8.39. The summed E-state index contributed by atoms with van der Waals surface area (Å²) >= 11 is 1.37. The van der Waals surface area contributed by atoms with Crippen LogP contribution in [0.5, 0.6) is 0 Å². The monoisotopic (exact) mass is 437 g/mol. The first-order valence-electron chi connectivity index (χ1n) is 9.90. The number of hydrogen-bond acceptors (Lipinski definition) is 4. The van der Waals surface area contributed by atoms with Gasteiger partial charge in [0.1, 0.15) is 6.04 Å². The van der Waals surface area contributed by atoms with Gasteiger partial charge in [0, 0.05) is 38.4 Å². The number of piperazine rings is 1. The molecule has 2 saturated heterocycles. The molecule has 2 fully saturated rings. The summed E-state index contributed by atoms with van der Waals surface area (Å²) in [4.78, 5) is 31.7. The van der Waals surface area contributed by atoms with Gasteiger partial charge in [-0.15, -0.1) is 11.3 Å². The van der Waals surface area contributed by atoms with Gasteiger partial charge in [0.2, 0.25) is 5.91 Å². The number of likely N-dealkylation sites (tertiary alicyclic amines) is 1. The summed E-state index contributed by atoms with van der Waals surface area (Å²) in [5.41, 5.74) is -0.167. The molecule has 5 nitrogen and oxygen atoms in total. The van der Waals surface area contributed by atoms with E-state index in [2.05, 4.69) is 0 Å². The molecule has 30 heavy (non-hydrogen) atoms. The van der Waals surface area contributed by atoms with Crippen LogP contribution in [0.2, 0.25) is 0 Å². The van der Waals surface area contributed by atoms with Crippen LogP contribution in [0.4, 0.5) is 18.9 Å². The molecule has 1 aromatic carbocycles. The molecular weight excluding hydrogens is 415 g/mol. The zero-order valence-electron chi connectivity index (χ0n) is 16.3. The smallest absolute Gasteiger partial charge is 0.368 e. The van der Waals surface area contributed by atoms with Crippen molar-refractivity contribution < 1.29 is 22.8 Å². The molecule has 4 rings (SSSR count). The molecule has 2 aromatic rings. The van der Waals surface area contributed by atoms with E-state index in [1.807, 2.05) is 16.3 Å². The highest BCUT2D eigenvalue weighted by Crippen LogP contribution is 2.32. The number of rotatable bonds is 3. The number of amides is 2. The van der Waals surface area contributed by atoms with E-state index < -0.39 is 17.8 Å². The molecule has 0 saturated carbocycles. The maximum Gasteiger partial charge on any atom is 0.416 e. The number of carbonyl (C=O) groups excluding carboxylic acids is 2. The Morgan fingerprint density at radius 1 is 1.00 bits per heavy atom. The van der Waals surface area contributed by atoms with Gasteiger partial charge >= 0.3 is 6.18 Å². The van der Waals surface area contributed by atoms with Crippen molar-refractivity contribution >= 4 is 28.8 Å². The Bertz CT molecular complexity index is 908. The standard InChI is InChI=1S/C21H22F3N3O2S/c22-21(23,24)15-4-1-5-16(14-15)25-9-11-26(12-10-25)19(28)17-6-2-8-27(17)20(29)18-7-3-13-30-18/h1,3-5,7,13-14,17H,2,6,8-12H2/t17-/m0/s1. The van der Waals surface area contributed by atoms with Crippen LogP contribution in [-0.2, 0) is 11.0 Å². The number of alkyl halides is 3. The average Bonchev–Trinajstić information content (AvgIpc) is 3.44. The van der Waals surface area contributed by atoms with Crippen LogP contribution in [-0.4, -0.2) is 60.4 Å². The number of anilines is 1. The summed E-state index contributed by atoms with van der Waals surface area (Å²) in [7, 11) is 0. The largest absolute Gasteiger partial charge is 0.416 e. The van der Waals surface area contributed by atoms with E-state index in [0.29, 0.717) is 49.7 Å². The van der Waals surface area contributed by atoms with Crippen molar-refractivity contribution in [1.29, 1.82) is 0 Å². The second-order valence-electron chi connectivity index (χ2n) is 7.49. The molecule has 9 heteroatoms. The first-order chi connectivity index (χ1) is 14.3. The second-order valence-corrected chi connectivity index (χ2v) is 8.44. The molecule has 0 unspecified atom stereocenters. The van der Waals surface area contributed by atoms with Crippen molar-refractivity contribution in [2.45, 2.75) is 25.1 Å². The summed E-state index contributed by atoms with van der Waals surface area (Å²) in [6.07, 6.45) is -2.95. The van der Waals surface area contributed by atoms with Crippen molar-refractivity contribution in [3.8, 4) is 0 Å². The fourth-order valence-corrected chi connectivity index (χ4v) is 4.76. The minimum Gasteiger partial charge on any atom is -0.368 e. The Hall–Kier alpha value is -2.55. The predicted octanol–water partition coefficient (Wildman–Crippen LogP) is 3.72. The van der Waals surface area contributed by atoms with Crippen LogP contribution in [0.25, 0.3) is 0 Å². The van der Waals surface area contributed by atoms with Crippen molar-refractivity contribution in [3.05, 3.63) is 52.2 Å². The van der Waals surface area contributed by atoms with Gasteiger partial charge in [-0.25, -0.2) is 0 Å². The van der Waals surface area contributed by atoms with Crippen LogP contribution >= 0.6 is 11.3 Å². The van der Waals surface area contributed by atoms with Gasteiger partial charge in [0.15, 0.2) is 0 Å². The second kappa shape index (κ2) is 8.29. The fourth-order valence-electron chi connectivity index (χ4n) is 4.08. The zero-order chi connectivity index (χ0) is 21.3. The van der Waals surface area contributed by atoms with Crippen LogP contribution < -0.4 is 4.90 Å². The van der Waals surface area contributed by atoms with E-state index in [1.54, 1.807) is 21.9 Å². The topological polar surface area (TPSA) is 43.9 Å². The maximum absolute atomic E-state index is 13.1. The van der Waals surface area contributed by atoms with Gasteiger partial charge in [-0.3, -0.25) is 9.59 Å². The summed E-state index contributed by atoms with van der Waals surface area (Å²) < 4.78 is 38.9. The van der Waals surface area contributed by atoms with Crippen LogP contribution in [0.15, 0.2) is 41.8 Å². The Balaban J connectivity index is 1.39. The number of thiophene rings is 1. The van der Waals surface area contributed by atoms with Crippen molar-refractivity contribution in [3.63, 3.8) is 0 Å².